The lowest BCUT2D eigenvalue weighted by atomic mass is 10.3. The lowest BCUT2D eigenvalue weighted by Crippen LogP contribution is -1.96. The second-order valence-corrected chi connectivity index (χ2v) is 5.05. The van der Waals surface area contributed by atoms with Crippen molar-refractivity contribution in [2.24, 2.45) is 0 Å². The van der Waals surface area contributed by atoms with Crippen LogP contribution >= 0.6 is 33.9 Å². The zero-order chi connectivity index (χ0) is 10.7. The first-order valence-electron chi connectivity index (χ1n) is 4.32. The molecule has 3 nitrogen and oxygen atoms in total. The van der Waals surface area contributed by atoms with Crippen LogP contribution in [-0.2, 0) is 6.61 Å². The highest BCUT2D eigenvalue weighted by Crippen LogP contribution is 2.16. The van der Waals surface area contributed by atoms with E-state index in [9.17, 15) is 0 Å². The molecule has 2 aromatic rings. The van der Waals surface area contributed by atoms with Crippen molar-refractivity contribution in [3.63, 3.8) is 0 Å². The highest BCUT2D eigenvalue weighted by atomic mass is 127. The topological polar surface area (TPSA) is 48.1 Å². The number of nitrogens with two attached hydrogens (primary N) is 1. The van der Waals surface area contributed by atoms with E-state index < -0.39 is 0 Å². The normalized spacial score (nSPS) is 10.2. The lowest BCUT2D eigenvalue weighted by molar-refractivity contribution is 0.302. The molecule has 1 aromatic heterocycles. The maximum Gasteiger partial charge on any atom is 0.180 e. The molecule has 1 heterocycles. The molecular weight excluding hydrogens is 323 g/mol. The van der Waals surface area contributed by atoms with E-state index in [-0.39, 0.29) is 0 Å². The van der Waals surface area contributed by atoms with Gasteiger partial charge in [0.1, 0.15) is 12.4 Å². The predicted molar refractivity (Wildman–Crippen MR) is 70.0 cm³/mol. The van der Waals surface area contributed by atoms with Crippen LogP contribution in [0.3, 0.4) is 0 Å². The Kier molecular flexibility index (Phi) is 3.42. The summed E-state index contributed by atoms with van der Waals surface area (Å²) in [7, 11) is 0. The third-order valence-corrected chi connectivity index (χ3v) is 3.21. The number of benzene rings is 1. The molecule has 2 rings (SSSR count). The number of nitrogen functional groups attached to an aromatic ring is 1. The molecule has 1 aromatic carbocycles. The van der Waals surface area contributed by atoms with E-state index in [0.29, 0.717) is 11.7 Å². The van der Waals surface area contributed by atoms with Crippen LogP contribution in [0.15, 0.2) is 29.6 Å². The Balaban J connectivity index is 1.96. The highest BCUT2D eigenvalue weighted by molar-refractivity contribution is 14.1. The van der Waals surface area contributed by atoms with Gasteiger partial charge in [-0.2, -0.15) is 0 Å². The number of hydrogen-bond donors (Lipinski definition) is 1. The zero-order valence-corrected chi connectivity index (χ0v) is 10.8. The van der Waals surface area contributed by atoms with Gasteiger partial charge in [-0.3, -0.25) is 0 Å². The Morgan fingerprint density at radius 1 is 1.33 bits per heavy atom. The molecule has 2 N–H and O–H groups in total. The van der Waals surface area contributed by atoms with Gasteiger partial charge in [-0.05, 0) is 46.9 Å². The number of ether oxygens (including phenoxy) is 1. The van der Waals surface area contributed by atoms with Gasteiger partial charge < -0.3 is 10.5 Å². The molecule has 0 aliphatic rings. The van der Waals surface area contributed by atoms with Crippen LogP contribution in [0, 0.1) is 3.57 Å². The minimum absolute atomic E-state index is 0.467. The molecule has 0 aliphatic carbocycles. The fourth-order valence-electron chi connectivity index (χ4n) is 1.08. The van der Waals surface area contributed by atoms with Crippen molar-refractivity contribution in [3.05, 3.63) is 38.9 Å². The summed E-state index contributed by atoms with van der Waals surface area (Å²) in [6, 6.07) is 7.89. The fourth-order valence-corrected chi connectivity index (χ4v) is 1.98. The van der Waals surface area contributed by atoms with E-state index in [0.717, 1.165) is 11.4 Å². The number of hydrogen-bond acceptors (Lipinski definition) is 4. The minimum atomic E-state index is 0.467. The van der Waals surface area contributed by atoms with E-state index in [4.69, 9.17) is 10.5 Å². The van der Waals surface area contributed by atoms with E-state index in [1.165, 1.54) is 14.9 Å². The van der Waals surface area contributed by atoms with E-state index >= 15 is 0 Å². The summed E-state index contributed by atoms with van der Waals surface area (Å²) in [5, 5.41) is 2.48. The smallest absolute Gasteiger partial charge is 0.180 e. The molecule has 78 valence electrons. The van der Waals surface area contributed by atoms with Gasteiger partial charge >= 0.3 is 0 Å². The number of anilines is 1. The molecule has 0 saturated heterocycles. The van der Waals surface area contributed by atoms with Gasteiger partial charge in [0.2, 0.25) is 0 Å². The van der Waals surface area contributed by atoms with Crippen molar-refractivity contribution >= 4 is 39.1 Å². The number of halogens is 1. The Morgan fingerprint density at radius 3 is 2.67 bits per heavy atom. The van der Waals surface area contributed by atoms with Gasteiger partial charge in [0.15, 0.2) is 5.13 Å². The average molecular weight is 332 g/mol. The fraction of sp³-hybridized carbons (Fsp3) is 0.100. The van der Waals surface area contributed by atoms with Crippen molar-refractivity contribution in [1.82, 2.24) is 4.98 Å². The zero-order valence-electron chi connectivity index (χ0n) is 7.81. The van der Waals surface area contributed by atoms with Crippen LogP contribution in [0.1, 0.15) is 5.69 Å². The number of thiazole rings is 1. The van der Waals surface area contributed by atoms with Crippen molar-refractivity contribution in [3.8, 4) is 5.75 Å². The molecule has 0 fully saturated rings. The lowest BCUT2D eigenvalue weighted by Gasteiger charge is -2.03. The molecule has 15 heavy (non-hydrogen) atoms. The maximum atomic E-state index is 5.55. The van der Waals surface area contributed by atoms with E-state index in [1.54, 1.807) is 0 Å². The summed E-state index contributed by atoms with van der Waals surface area (Å²) in [6.45, 7) is 0.467. The molecule has 0 radical (unpaired) electrons. The Hall–Kier alpha value is -0.820. The van der Waals surface area contributed by atoms with Crippen molar-refractivity contribution in [2.45, 2.75) is 6.61 Å². The standard InChI is InChI=1S/C10H9IN2OS/c11-7-1-3-9(4-2-7)14-5-8-6-15-10(12)13-8/h1-4,6H,5H2,(H2,12,13). The first kappa shape index (κ1) is 10.7. The average Bonchev–Trinajstić information content (AvgIpc) is 2.64. The molecule has 0 amide bonds. The second kappa shape index (κ2) is 4.80. The molecule has 0 atom stereocenters. The van der Waals surface area contributed by atoms with Crippen molar-refractivity contribution in [2.75, 3.05) is 5.73 Å². The van der Waals surface area contributed by atoms with Crippen LogP contribution in [0.4, 0.5) is 5.13 Å². The number of aromatic nitrogens is 1. The van der Waals surface area contributed by atoms with Gasteiger partial charge in [0, 0.05) is 8.95 Å². The third-order valence-electron chi connectivity index (χ3n) is 1.77. The molecule has 0 unspecified atom stereocenters. The second-order valence-electron chi connectivity index (χ2n) is 2.92. The molecular formula is C10H9IN2OS. The van der Waals surface area contributed by atoms with Crippen molar-refractivity contribution in [1.29, 1.82) is 0 Å². The first-order valence-corrected chi connectivity index (χ1v) is 6.28. The highest BCUT2D eigenvalue weighted by Gasteiger charge is 1.99. The maximum absolute atomic E-state index is 5.55. The first-order chi connectivity index (χ1) is 7.24. The van der Waals surface area contributed by atoms with Gasteiger partial charge in [0.05, 0.1) is 5.69 Å². The van der Waals surface area contributed by atoms with Crippen LogP contribution in [-0.4, -0.2) is 4.98 Å². The molecule has 0 saturated carbocycles. The van der Waals surface area contributed by atoms with Gasteiger partial charge in [-0.15, -0.1) is 11.3 Å². The van der Waals surface area contributed by atoms with E-state index in [1.807, 2.05) is 29.6 Å². The predicted octanol–water partition coefficient (Wildman–Crippen LogP) is 2.91. The summed E-state index contributed by atoms with van der Waals surface area (Å²) >= 11 is 3.68. The van der Waals surface area contributed by atoms with Crippen LogP contribution < -0.4 is 10.5 Å². The molecule has 5 heteroatoms. The molecule has 0 bridgehead atoms. The van der Waals surface area contributed by atoms with Crippen LogP contribution in [0.25, 0.3) is 0 Å². The van der Waals surface area contributed by atoms with E-state index in [2.05, 4.69) is 27.6 Å². The largest absolute Gasteiger partial charge is 0.487 e. The Bertz CT molecular complexity index is 441. The number of rotatable bonds is 3. The summed E-state index contributed by atoms with van der Waals surface area (Å²) in [5.41, 5.74) is 6.39. The van der Waals surface area contributed by atoms with Crippen LogP contribution in [0.5, 0.6) is 5.75 Å². The summed E-state index contributed by atoms with van der Waals surface area (Å²) in [4.78, 5) is 4.11. The summed E-state index contributed by atoms with van der Waals surface area (Å²) in [6.07, 6.45) is 0. The SMILES string of the molecule is Nc1nc(COc2ccc(I)cc2)cs1. The summed E-state index contributed by atoms with van der Waals surface area (Å²) < 4.78 is 6.74. The van der Waals surface area contributed by atoms with Gasteiger partial charge in [0.25, 0.3) is 0 Å². The van der Waals surface area contributed by atoms with Crippen LogP contribution in [0.2, 0.25) is 0 Å². The Labute approximate surface area is 105 Å². The Morgan fingerprint density at radius 2 is 2.07 bits per heavy atom. The van der Waals surface area contributed by atoms with Gasteiger partial charge in [-0.25, -0.2) is 4.98 Å². The summed E-state index contributed by atoms with van der Waals surface area (Å²) in [5.74, 6) is 0.849. The molecule has 0 spiro atoms. The third kappa shape index (κ3) is 3.07. The number of nitrogens with zero attached hydrogens (tertiary/aromatic N) is 1. The molecule has 0 aliphatic heterocycles. The quantitative estimate of drug-likeness (QED) is 0.880. The monoisotopic (exact) mass is 332 g/mol. The van der Waals surface area contributed by atoms with Crippen molar-refractivity contribution < 1.29 is 4.74 Å². The van der Waals surface area contributed by atoms with Gasteiger partial charge in [-0.1, -0.05) is 0 Å². The minimum Gasteiger partial charge on any atom is -0.487 e.